The zero-order valence-electron chi connectivity index (χ0n) is 17.5. The first kappa shape index (κ1) is 21.0. The van der Waals surface area contributed by atoms with Crippen LogP contribution in [0.25, 0.3) is 0 Å². The minimum atomic E-state index is -0.234. The van der Waals surface area contributed by atoms with Crippen LogP contribution in [0.15, 0.2) is 72.8 Å². The van der Waals surface area contributed by atoms with E-state index in [1.807, 2.05) is 85.5 Å². The smallest absolute Gasteiger partial charge is 0.262 e. The van der Waals surface area contributed by atoms with E-state index in [0.29, 0.717) is 17.2 Å². The second-order valence-corrected chi connectivity index (χ2v) is 8.62. The molecule has 1 aliphatic rings. The molecule has 1 aliphatic heterocycles. The van der Waals surface area contributed by atoms with Gasteiger partial charge < -0.3 is 10.1 Å². The number of ether oxygens (including phenoxy) is 1. The number of para-hydroxylation sites is 1. The van der Waals surface area contributed by atoms with Crippen molar-refractivity contribution in [3.8, 4) is 5.75 Å². The van der Waals surface area contributed by atoms with E-state index in [1.165, 1.54) is 0 Å². The van der Waals surface area contributed by atoms with Crippen LogP contribution in [-0.2, 0) is 9.59 Å². The van der Waals surface area contributed by atoms with Gasteiger partial charge in [0.2, 0.25) is 5.91 Å². The van der Waals surface area contributed by atoms with Crippen LogP contribution < -0.4 is 15.0 Å². The number of nitrogens with one attached hydrogen (secondary N) is 1. The zero-order valence-corrected chi connectivity index (χ0v) is 18.3. The summed E-state index contributed by atoms with van der Waals surface area (Å²) in [6, 6.07) is 23.1. The summed E-state index contributed by atoms with van der Waals surface area (Å²) in [5, 5.41) is 2.75. The van der Waals surface area contributed by atoms with E-state index in [4.69, 9.17) is 4.74 Å². The molecular formula is C25H24N2O3S. The van der Waals surface area contributed by atoms with Gasteiger partial charge in [0.15, 0.2) is 6.61 Å². The normalized spacial score (nSPS) is 15.7. The molecule has 5 nitrogen and oxygen atoms in total. The number of carbonyl (C=O) groups is 2. The molecule has 0 spiro atoms. The SMILES string of the molecule is Cc1cc(C)cc(N2C(=O)CS[C@H]2c2cccc(NC(=O)COc3ccccc3)c2)c1. The number of carbonyl (C=O) groups excluding carboxylic acids is 2. The van der Waals surface area contributed by atoms with Crippen LogP contribution >= 0.6 is 11.8 Å². The molecule has 3 aromatic rings. The predicted molar refractivity (Wildman–Crippen MR) is 126 cm³/mol. The Morgan fingerprint density at radius 2 is 1.77 bits per heavy atom. The first-order valence-electron chi connectivity index (χ1n) is 10.1. The largest absolute Gasteiger partial charge is 0.484 e. The number of aryl methyl sites for hydroxylation is 2. The van der Waals surface area contributed by atoms with Crippen molar-refractivity contribution in [3.05, 3.63) is 89.5 Å². The Labute approximate surface area is 186 Å². The fraction of sp³-hybridized carbons (Fsp3) is 0.200. The second-order valence-electron chi connectivity index (χ2n) is 7.55. The highest BCUT2D eigenvalue weighted by Gasteiger charge is 2.34. The molecule has 31 heavy (non-hydrogen) atoms. The molecule has 0 radical (unpaired) electrons. The molecule has 1 saturated heterocycles. The van der Waals surface area contributed by atoms with Crippen LogP contribution in [-0.4, -0.2) is 24.2 Å². The Morgan fingerprint density at radius 1 is 1.03 bits per heavy atom. The summed E-state index contributed by atoms with van der Waals surface area (Å²) in [6.45, 7) is 4.00. The summed E-state index contributed by atoms with van der Waals surface area (Å²) in [5.41, 5.74) is 4.80. The average molecular weight is 433 g/mol. The Hall–Kier alpha value is -3.25. The molecule has 4 rings (SSSR count). The summed E-state index contributed by atoms with van der Waals surface area (Å²) in [4.78, 5) is 26.9. The maximum Gasteiger partial charge on any atom is 0.262 e. The molecule has 2 amide bonds. The van der Waals surface area contributed by atoms with Crippen molar-refractivity contribution in [2.45, 2.75) is 19.2 Å². The lowest BCUT2D eigenvalue weighted by molar-refractivity contribution is -0.118. The monoisotopic (exact) mass is 432 g/mol. The van der Waals surface area contributed by atoms with E-state index < -0.39 is 0 Å². The van der Waals surface area contributed by atoms with E-state index in [1.54, 1.807) is 11.8 Å². The van der Waals surface area contributed by atoms with Crippen molar-refractivity contribution >= 4 is 35.0 Å². The van der Waals surface area contributed by atoms with Gasteiger partial charge in [-0.1, -0.05) is 36.4 Å². The lowest BCUT2D eigenvalue weighted by Crippen LogP contribution is -2.28. The molecule has 0 unspecified atom stereocenters. The summed E-state index contributed by atoms with van der Waals surface area (Å²) >= 11 is 1.59. The lowest BCUT2D eigenvalue weighted by Gasteiger charge is -2.25. The van der Waals surface area contributed by atoms with Crippen molar-refractivity contribution in [1.29, 1.82) is 0 Å². The van der Waals surface area contributed by atoms with Crippen molar-refractivity contribution in [2.24, 2.45) is 0 Å². The predicted octanol–water partition coefficient (Wildman–Crippen LogP) is 5.10. The average Bonchev–Trinajstić information content (AvgIpc) is 3.14. The third kappa shape index (κ3) is 5.09. The number of amides is 2. The molecule has 6 heteroatoms. The van der Waals surface area contributed by atoms with E-state index in [-0.39, 0.29) is 23.8 Å². The molecule has 1 atom stereocenters. The van der Waals surface area contributed by atoms with Crippen molar-refractivity contribution in [1.82, 2.24) is 0 Å². The first-order chi connectivity index (χ1) is 15.0. The summed E-state index contributed by atoms with van der Waals surface area (Å²) in [6.07, 6.45) is 0. The van der Waals surface area contributed by atoms with Gasteiger partial charge in [0, 0.05) is 11.4 Å². The van der Waals surface area contributed by atoms with Gasteiger partial charge >= 0.3 is 0 Å². The molecule has 1 fully saturated rings. The minimum absolute atomic E-state index is 0.0698. The second kappa shape index (κ2) is 9.27. The van der Waals surface area contributed by atoms with Crippen LogP contribution in [0.4, 0.5) is 11.4 Å². The van der Waals surface area contributed by atoms with Gasteiger partial charge in [-0.25, -0.2) is 0 Å². The molecule has 3 aromatic carbocycles. The quantitative estimate of drug-likeness (QED) is 0.589. The molecule has 0 aromatic heterocycles. The number of anilines is 2. The maximum absolute atomic E-state index is 12.7. The third-order valence-corrected chi connectivity index (χ3v) is 6.13. The number of hydrogen-bond acceptors (Lipinski definition) is 4. The topological polar surface area (TPSA) is 58.6 Å². The highest BCUT2D eigenvalue weighted by Crippen LogP contribution is 2.42. The third-order valence-electron chi connectivity index (χ3n) is 4.92. The van der Waals surface area contributed by atoms with Gasteiger partial charge in [-0.2, -0.15) is 0 Å². The number of hydrogen-bond donors (Lipinski definition) is 1. The number of thioether (sulfide) groups is 1. The molecular weight excluding hydrogens is 408 g/mol. The molecule has 158 valence electrons. The Morgan fingerprint density at radius 3 is 2.52 bits per heavy atom. The molecule has 1 heterocycles. The van der Waals surface area contributed by atoms with Crippen molar-refractivity contribution in [3.63, 3.8) is 0 Å². The van der Waals surface area contributed by atoms with Crippen LogP contribution in [0.1, 0.15) is 22.1 Å². The van der Waals surface area contributed by atoms with Crippen molar-refractivity contribution < 1.29 is 14.3 Å². The molecule has 1 N–H and O–H groups in total. The van der Waals surface area contributed by atoms with E-state index in [9.17, 15) is 9.59 Å². The van der Waals surface area contributed by atoms with Gasteiger partial charge in [0.1, 0.15) is 11.1 Å². The van der Waals surface area contributed by atoms with E-state index in [2.05, 4.69) is 11.4 Å². The number of rotatable bonds is 6. The van der Waals surface area contributed by atoms with Crippen molar-refractivity contribution in [2.75, 3.05) is 22.6 Å². The Balaban J connectivity index is 1.49. The van der Waals surface area contributed by atoms with E-state index in [0.717, 1.165) is 22.4 Å². The van der Waals surface area contributed by atoms with Gasteiger partial charge in [-0.05, 0) is 66.9 Å². The summed E-state index contributed by atoms with van der Waals surface area (Å²) in [7, 11) is 0. The van der Waals surface area contributed by atoms with E-state index >= 15 is 0 Å². The number of nitrogens with zero attached hydrogens (tertiary/aromatic N) is 1. The Kier molecular flexibility index (Phi) is 6.28. The Bertz CT molecular complexity index is 1080. The van der Waals surface area contributed by atoms with Gasteiger partial charge in [-0.3, -0.25) is 14.5 Å². The molecule has 0 bridgehead atoms. The highest BCUT2D eigenvalue weighted by atomic mass is 32.2. The van der Waals surface area contributed by atoms with Crippen LogP contribution in [0.5, 0.6) is 5.75 Å². The number of benzene rings is 3. The first-order valence-corrected chi connectivity index (χ1v) is 11.1. The molecule has 0 aliphatic carbocycles. The van der Waals surface area contributed by atoms with Gasteiger partial charge in [0.25, 0.3) is 5.91 Å². The van der Waals surface area contributed by atoms with Crippen LogP contribution in [0.2, 0.25) is 0 Å². The van der Waals surface area contributed by atoms with Gasteiger partial charge in [0.05, 0.1) is 5.75 Å². The summed E-state index contributed by atoms with van der Waals surface area (Å²) in [5.74, 6) is 0.934. The lowest BCUT2D eigenvalue weighted by atomic mass is 10.1. The highest BCUT2D eigenvalue weighted by molar-refractivity contribution is 8.00. The van der Waals surface area contributed by atoms with Crippen LogP contribution in [0.3, 0.4) is 0 Å². The van der Waals surface area contributed by atoms with Crippen LogP contribution in [0, 0.1) is 13.8 Å². The molecule has 0 saturated carbocycles. The fourth-order valence-corrected chi connectivity index (χ4v) is 4.84. The standard InChI is InChI=1S/C25H24N2O3S/c1-17-11-18(2)13-21(12-17)27-24(29)16-31-25(27)19-7-6-8-20(14-19)26-23(28)15-30-22-9-4-3-5-10-22/h3-14,25H,15-16H2,1-2H3,(H,26,28)/t25-/m0/s1. The maximum atomic E-state index is 12.7. The minimum Gasteiger partial charge on any atom is -0.484 e. The fourth-order valence-electron chi connectivity index (χ4n) is 3.67. The summed E-state index contributed by atoms with van der Waals surface area (Å²) < 4.78 is 5.51. The zero-order chi connectivity index (χ0) is 21.8. The van der Waals surface area contributed by atoms with Gasteiger partial charge in [-0.15, -0.1) is 11.8 Å².